The van der Waals surface area contributed by atoms with Gasteiger partial charge in [-0.1, -0.05) is 13.3 Å². The van der Waals surface area contributed by atoms with Gasteiger partial charge < -0.3 is 10.4 Å². The van der Waals surface area contributed by atoms with Crippen molar-refractivity contribution >= 4 is 11.5 Å². The van der Waals surface area contributed by atoms with Crippen molar-refractivity contribution in [1.29, 1.82) is 0 Å². The summed E-state index contributed by atoms with van der Waals surface area (Å²) in [7, 11) is 0. The van der Waals surface area contributed by atoms with E-state index >= 15 is 0 Å². The van der Waals surface area contributed by atoms with E-state index in [0.717, 1.165) is 25.1 Å². The maximum absolute atomic E-state index is 11.1. The number of anilines is 1. The second-order valence-corrected chi connectivity index (χ2v) is 3.44. The van der Waals surface area contributed by atoms with E-state index in [1.165, 1.54) is 0 Å². The lowest BCUT2D eigenvalue weighted by atomic mass is 10.1. The van der Waals surface area contributed by atoms with Gasteiger partial charge in [0, 0.05) is 17.8 Å². The van der Waals surface area contributed by atoms with E-state index in [0.29, 0.717) is 5.56 Å². The van der Waals surface area contributed by atoms with Gasteiger partial charge >= 0.3 is 0 Å². The lowest BCUT2D eigenvalue weighted by Crippen LogP contribution is -2.05. The summed E-state index contributed by atoms with van der Waals surface area (Å²) in [6.45, 7) is 2.66. The predicted octanol–water partition coefficient (Wildman–Crippen LogP) is 2.07. The zero-order chi connectivity index (χ0) is 11.1. The molecule has 0 radical (unpaired) electrons. The Balaban J connectivity index is 2.52. The van der Waals surface area contributed by atoms with Gasteiger partial charge in [-0.3, -0.25) is 4.79 Å². The molecule has 0 saturated carbocycles. The van der Waals surface area contributed by atoms with Crippen molar-refractivity contribution in [2.45, 2.75) is 19.8 Å². The van der Waals surface area contributed by atoms with Gasteiger partial charge in [0.1, 0.15) is 6.61 Å². The molecular formula is C12H17NO2. The number of hydrogen-bond donors (Lipinski definition) is 2. The molecule has 0 bridgehead atoms. The molecule has 0 fully saturated rings. The molecule has 3 nitrogen and oxygen atoms in total. The summed E-state index contributed by atoms with van der Waals surface area (Å²) >= 11 is 0. The summed E-state index contributed by atoms with van der Waals surface area (Å²) in [5.41, 5.74) is 1.57. The average molecular weight is 207 g/mol. The molecule has 0 heterocycles. The number of unbranched alkanes of at least 4 members (excludes halogenated alkanes) is 1. The number of aliphatic hydroxyl groups is 1. The normalized spacial score (nSPS) is 10.0. The van der Waals surface area contributed by atoms with Gasteiger partial charge in [0.25, 0.3) is 0 Å². The molecule has 2 N–H and O–H groups in total. The molecule has 1 aromatic rings. The Labute approximate surface area is 90.1 Å². The minimum atomic E-state index is -0.428. The highest BCUT2D eigenvalue weighted by atomic mass is 16.3. The number of nitrogens with one attached hydrogen (secondary N) is 1. The van der Waals surface area contributed by atoms with Crippen LogP contribution in [0.5, 0.6) is 0 Å². The van der Waals surface area contributed by atoms with E-state index in [9.17, 15) is 4.79 Å². The van der Waals surface area contributed by atoms with Gasteiger partial charge in [0.2, 0.25) is 0 Å². The van der Waals surface area contributed by atoms with Crippen LogP contribution in [0.15, 0.2) is 24.3 Å². The van der Waals surface area contributed by atoms with Crippen molar-refractivity contribution in [1.82, 2.24) is 0 Å². The van der Waals surface area contributed by atoms with Gasteiger partial charge in [-0.15, -0.1) is 0 Å². The summed E-state index contributed by atoms with van der Waals surface area (Å²) in [6.07, 6.45) is 2.30. The third kappa shape index (κ3) is 3.72. The van der Waals surface area contributed by atoms with Crippen molar-refractivity contribution < 1.29 is 9.90 Å². The molecule has 1 rings (SSSR count). The molecule has 0 aromatic heterocycles. The van der Waals surface area contributed by atoms with E-state index in [-0.39, 0.29) is 5.78 Å². The predicted molar refractivity (Wildman–Crippen MR) is 61.3 cm³/mol. The first-order valence-electron chi connectivity index (χ1n) is 5.26. The number of rotatable bonds is 6. The maximum Gasteiger partial charge on any atom is 0.188 e. The van der Waals surface area contributed by atoms with Crippen LogP contribution in [0.3, 0.4) is 0 Å². The Morgan fingerprint density at radius 2 is 2.00 bits per heavy atom. The van der Waals surface area contributed by atoms with E-state index in [1.807, 2.05) is 12.1 Å². The minimum absolute atomic E-state index is 0.241. The standard InChI is InChI=1S/C12H17NO2/c1-2-3-8-13-11-6-4-10(5-7-11)12(15)9-14/h4-7,13-14H,2-3,8-9H2,1H3. The molecule has 0 amide bonds. The fraction of sp³-hybridized carbons (Fsp3) is 0.417. The van der Waals surface area contributed by atoms with Crippen LogP contribution in [-0.2, 0) is 0 Å². The molecule has 15 heavy (non-hydrogen) atoms. The van der Waals surface area contributed by atoms with E-state index in [1.54, 1.807) is 12.1 Å². The Morgan fingerprint density at radius 1 is 1.33 bits per heavy atom. The van der Waals surface area contributed by atoms with Crippen molar-refractivity contribution in [3.8, 4) is 0 Å². The molecule has 1 aromatic carbocycles. The highest BCUT2D eigenvalue weighted by Gasteiger charge is 2.02. The number of carbonyl (C=O) groups excluding carboxylic acids is 1. The summed E-state index contributed by atoms with van der Waals surface area (Å²) in [6, 6.07) is 7.18. The molecule has 0 saturated heterocycles. The minimum Gasteiger partial charge on any atom is -0.388 e. The van der Waals surface area contributed by atoms with Crippen LogP contribution in [0, 0.1) is 0 Å². The van der Waals surface area contributed by atoms with Crippen LogP contribution >= 0.6 is 0 Å². The van der Waals surface area contributed by atoms with E-state index in [4.69, 9.17) is 5.11 Å². The topological polar surface area (TPSA) is 49.3 Å². The largest absolute Gasteiger partial charge is 0.388 e. The maximum atomic E-state index is 11.1. The Hall–Kier alpha value is -1.35. The van der Waals surface area contributed by atoms with Gasteiger partial charge in [0.05, 0.1) is 0 Å². The quantitative estimate of drug-likeness (QED) is 0.554. The van der Waals surface area contributed by atoms with Gasteiger partial charge in [-0.25, -0.2) is 0 Å². The monoisotopic (exact) mass is 207 g/mol. The Kier molecular flexibility index (Phi) is 4.84. The van der Waals surface area contributed by atoms with Gasteiger partial charge in [0.15, 0.2) is 5.78 Å². The fourth-order valence-electron chi connectivity index (χ4n) is 1.27. The first kappa shape index (κ1) is 11.7. The SMILES string of the molecule is CCCCNc1ccc(C(=O)CO)cc1. The van der Waals surface area contributed by atoms with Gasteiger partial charge in [-0.05, 0) is 30.7 Å². The van der Waals surface area contributed by atoms with Crippen LogP contribution < -0.4 is 5.32 Å². The Morgan fingerprint density at radius 3 is 2.53 bits per heavy atom. The second kappa shape index (κ2) is 6.19. The average Bonchev–Trinajstić information content (AvgIpc) is 2.29. The van der Waals surface area contributed by atoms with Gasteiger partial charge in [-0.2, -0.15) is 0 Å². The van der Waals surface area contributed by atoms with Crippen LogP contribution in [0.1, 0.15) is 30.1 Å². The molecule has 0 spiro atoms. The van der Waals surface area contributed by atoms with Crippen LogP contribution in [-0.4, -0.2) is 24.0 Å². The third-order valence-electron chi connectivity index (χ3n) is 2.21. The van der Waals surface area contributed by atoms with Crippen LogP contribution in [0.4, 0.5) is 5.69 Å². The van der Waals surface area contributed by atoms with Crippen LogP contribution in [0.25, 0.3) is 0 Å². The molecule has 0 atom stereocenters. The lowest BCUT2D eigenvalue weighted by molar-refractivity contribution is 0.0904. The van der Waals surface area contributed by atoms with Crippen molar-refractivity contribution in [3.63, 3.8) is 0 Å². The third-order valence-corrected chi connectivity index (χ3v) is 2.21. The number of ketones is 1. The van der Waals surface area contributed by atoms with Crippen LogP contribution in [0.2, 0.25) is 0 Å². The highest BCUT2D eigenvalue weighted by molar-refractivity contribution is 5.97. The van der Waals surface area contributed by atoms with E-state index < -0.39 is 6.61 Å². The summed E-state index contributed by atoms with van der Waals surface area (Å²) in [5.74, 6) is -0.241. The number of Topliss-reactive ketones (excluding diaryl/α,β-unsaturated/α-hetero) is 1. The number of aliphatic hydroxyl groups excluding tert-OH is 1. The summed E-state index contributed by atoms with van der Waals surface area (Å²) in [4.78, 5) is 11.1. The molecule has 0 aliphatic carbocycles. The molecule has 0 unspecified atom stereocenters. The van der Waals surface area contributed by atoms with Crippen molar-refractivity contribution in [2.75, 3.05) is 18.5 Å². The molecular weight excluding hydrogens is 190 g/mol. The fourth-order valence-corrected chi connectivity index (χ4v) is 1.27. The highest BCUT2D eigenvalue weighted by Crippen LogP contribution is 2.10. The van der Waals surface area contributed by atoms with E-state index in [2.05, 4.69) is 12.2 Å². The molecule has 0 aliphatic rings. The molecule has 0 aliphatic heterocycles. The van der Waals surface area contributed by atoms with Crippen molar-refractivity contribution in [2.24, 2.45) is 0 Å². The second-order valence-electron chi connectivity index (χ2n) is 3.44. The Bertz CT molecular complexity index is 306. The zero-order valence-electron chi connectivity index (χ0n) is 8.99. The van der Waals surface area contributed by atoms with Crippen molar-refractivity contribution in [3.05, 3.63) is 29.8 Å². The summed E-state index contributed by atoms with van der Waals surface area (Å²) < 4.78 is 0. The smallest absolute Gasteiger partial charge is 0.188 e. The first-order chi connectivity index (χ1) is 7.27. The number of hydrogen-bond acceptors (Lipinski definition) is 3. The molecule has 3 heteroatoms. The lowest BCUT2D eigenvalue weighted by Gasteiger charge is -2.05. The number of carbonyl (C=O) groups is 1. The zero-order valence-corrected chi connectivity index (χ0v) is 8.99. The summed E-state index contributed by atoms with van der Waals surface area (Å²) in [5, 5.41) is 11.9. The first-order valence-corrected chi connectivity index (χ1v) is 5.26. The number of benzene rings is 1. The molecule has 82 valence electrons.